The molecule has 0 bridgehead atoms. The fourth-order valence-electron chi connectivity index (χ4n) is 2.34. The zero-order valence-corrected chi connectivity index (χ0v) is 11.9. The summed E-state index contributed by atoms with van der Waals surface area (Å²) in [5.74, 6) is 0. The lowest BCUT2D eigenvalue weighted by Crippen LogP contribution is -1.95. The summed E-state index contributed by atoms with van der Waals surface area (Å²) in [5.41, 5.74) is 15.8. The number of rotatable bonds is 1. The van der Waals surface area contributed by atoms with E-state index in [1.165, 1.54) is 27.8 Å². The molecule has 0 aliphatic carbocycles. The molecule has 2 aromatic carbocycles. The normalized spacial score (nSPS) is 10.7. The van der Waals surface area contributed by atoms with Gasteiger partial charge in [0.05, 0.1) is 0 Å². The Bertz CT molecular complexity index is 507. The Morgan fingerprint density at radius 2 is 0.944 bits per heavy atom. The average Bonchev–Trinajstić information content (AvgIpc) is 2.31. The predicted molar refractivity (Wildman–Crippen MR) is 80.0 cm³/mol. The predicted octanol–water partition coefficient (Wildman–Crippen LogP) is 4.48. The molecule has 0 aliphatic heterocycles. The zero-order valence-electron chi connectivity index (χ0n) is 11.9. The first-order chi connectivity index (χ1) is 8.40. The molecule has 18 heavy (non-hydrogen) atoms. The van der Waals surface area contributed by atoms with E-state index in [9.17, 15) is 0 Å². The first kappa shape index (κ1) is 12.7. The largest absolute Gasteiger partial charge is 0.398 e. The van der Waals surface area contributed by atoms with Crippen LogP contribution in [0.1, 0.15) is 27.8 Å². The van der Waals surface area contributed by atoms with Gasteiger partial charge in [-0.3, -0.25) is 0 Å². The average molecular weight is 239 g/mol. The maximum atomic E-state index is 6.01. The second-order valence-corrected chi connectivity index (χ2v) is 5.26. The number of nitrogens with two attached hydrogens (primary N) is 1. The van der Waals surface area contributed by atoms with Crippen LogP contribution in [0.25, 0.3) is 11.1 Å². The van der Waals surface area contributed by atoms with Gasteiger partial charge in [0.2, 0.25) is 0 Å². The Labute approximate surface area is 110 Å². The van der Waals surface area contributed by atoms with Crippen LogP contribution in [0.15, 0.2) is 24.3 Å². The van der Waals surface area contributed by atoms with E-state index in [0.717, 1.165) is 16.8 Å². The lowest BCUT2D eigenvalue weighted by molar-refractivity contribution is 1.26. The van der Waals surface area contributed by atoms with Crippen molar-refractivity contribution in [1.82, 2.24) is 0 Å². The van der Waals surface area contributed by atoms with Gasteiger partial charge in [0, 0.05) is 5.69 Å². The van der Waals surface area contributed by atoms with Crippen molar-refractivity contribution in [3.8, 4) is 11.1 Å². The van der Waals surface area contributed by atoms with E-state index in [1.807, 2.05) is 0 Å². The van der Waals surface area contributed by atoms with E-state index < -0.39 is 0 Å². The van der Waals surface area contributed by atoms with Gasteiger partial charge in [-0.05, 0) is 85.7 Å². The molecule has 1 heteroatoms. The Balaban J connectivity index is 2.63. The van der Waals surface area contributed by atoms with E-state index in [-0.39, 0.29) is 0 Å². The molecule has 2 aromatic rings. The lowest BCUT2D eigenvalue weighted by Gasteiger charge is -2.12. The van der Waals surface area contributed by atoms with Gasteiger partial charge < -0.3 is 5.73 Å². The molecule has 0 amide bonds. The van der Waals surface area contributed by atoms with Gasteiger partial charge in [-0.2, -0.15) is 0 Å². The van der Waals surface area contributed by atoms with Crippen LogP contribution in [0.3, 0.4) is 0 Å². The fraction of sp³-hybridized carbons (Fsp3) is 0.294. The van der Waals surface area contributed by atoms with Gasteiger partial charge in [0.25, 0.3) is 0 Å². The molecule has 0 aromatic heterocycles. The van der Waals surface area contributed by atoms with Gasteiger partial charge in [0.15, 0.2) is 0 Å². The Kier molecular flexibility index (Phi) is 3.16. The van der Waals surface area contributed by atoms with Crippen molar-refractivity contribution in [2.45, 2.75) is 34.6 Å². The number of anilines is 1. The summed E-state index contributed by atoms with van der Waals surface area (Å²) in [6, 6.07) is 8.86. The van der Waals surface area contributed by atoms with Crippen molar-refractivity contribution >= 4 is 5.69 Å². The summed E-state index contributed by atoms with van der Waals surface area (Å²) in [7, 11) is 0. The van der Waals surface area contributed by atoms with Gasteiger partial charge in [0.1, 0.15) is 0 Å². The molecule has 0 radical (unpaired) electrons. The zero-order chi connectivity index (χ0) is 13.4. The number of benzene rings is 2. The molecule has 1 nitrogen and oxygen atoms in total. The molecule has 94 valence electrons. The van der Waals surface area contributed by atoms with Crippen LogP contribution >= 0.6 is 0 Å². The first-order valence-corrected chi connectivity index (χ1v) is 6.35. The fourth-order valence-corrected chi connectivity index (χ4v) is 2.34. The van der Waals surface area contributed by atoms with Crippen molar-refractivity contribution in [2.24, 2.45) is 0 Å². The smallest absolute Gasteiger partial charge is 0.0373 e. The topological polar surface area (TPSA) is 26.0 Å². The highest BCUT2D eigenvalue weighted by Gasteiger charge is 2.06. The van der Waals surface area contributed by atoms with Gasteiger partial charge in [-0.15, -0.1) is 0 Å². The van der Waals surface area contributed by atoms with Crippen LogP contribution in [0.4, 0.5) is 5.69 Å². The first-order valence-electron chi connectivity index (χ1n) is 6.35. The van der Waals surface area contributed by atoms with E-state index in [0.29, 0.717) is 0 Å². The highest BCUT2D eigenvalue weighted by Crippen LogP contribution is 2.29. The molecule has 2 N–H and O–H groups in total. The molecule has 0 spiro atoms. The quantitative estimate of drug-likeness (QED) is 0.730. The molecule has 0 aliphatic rings. The van der Waals surface area contributed by atoms with Crippen LogP contribution in [0.5, 0.6) is 0 Å². The maximum Gasteiger partial charge on any atom is 0.0373 e. The van der Waals surface area contributed by atoms with E-state index >= 15 is 0 Å². The standard InChI is InChI=1S/C17H21N/c1-10-6-15(7-11(2)14(10)5)16-8-12(3)17(18)13(4)9-16/h6-9H,18H2,1-5H3. The van der Waals surface area contributed by atoms with Crippen molar-refractivity contribution in [3.05, 3.63) is 52.1 Å². The minimum absolute atomic E-state index is 0.902. The molecular formula is C17H21N. The van der Waals surface area contributed by atoms with Crippen LogP contribution in [-0.4, -0.2) is 0 Å². The summed E-state index contributed by atoms with van der Waals surface area (Å²) < 4.78 is 0. The second-order valence-electron chi connectivity index (χ2n) is 5.26. The summed E-state index contributed by atoms with van der Waals surface area (Å²) in [6.07, 6.45) is 0. The number of hydrogen-bond donors (Lipinski definition) is 1. The molecule has 0 fully saturated rings. The second kappa shape index (κ2) is 4.49. The number of aryl methyl sites for hydroxylation is 4. The Morgan fingerprint density at radius 3 is 1.33 bits per heavy atom. The monoisotopic (exact) mass is 239 g/mol. The van der Waals surface area contributed by atoms with Gasteiger partial charge >= 0.3 is 0 Å². The summed E-state index contributed by atoms with van der Waals surface area (Å²) in [4.78, 5) is 0. The molecule has 0 heterocycles. The highest BCUT2D eigenvalue weighted by atomic mass is 14.6. The van der Waals surface area contributed by atoms with Crippen molar-refractivity contribution in [1.29, 1.82) is 0 Å². The van der Waals surface area contributed by atoms with Gasteiger partial charge in [-0.25, -0.2) is 0 Å². The molecule has 2 rings (SSSR count). The maximum absolute atomic E-state index is 6.01. The van der Waals surface area contributed by atoms with Crippen LogP contribution in [0, 0.1) is 34.6 Å². The van der Waals surface area contributed by atoms with E-state index in [1.54, 1.807) is 0 Å². The third-order valence-electron chi connectivity index (χ3n) is 3.85. The highest BCUT2D eigenvalue weighted by molar-refractivity contribution is 5.71. The van der Waals surface area contributed by atoms with Crippen molar-refractivity contribution in [3.63, 3.8) is 0 Å². The summed E-state index contributed by atoms with van der Waals surface area (Å²) in [5, 5.41) is 0. The van der Waals surface area contributed by atoms with Crippen LogP contribution < -0.4 is 5.73 Å². The molecule has 0 atom stereocenters. The van der Waals surface area contributed by atoms with E-state index in [4.69, 9.17) is 5.73 Å². The SMILES string of the molecule is Cc1cc(-c2cc(C)c(N)c(C)c2)cc(C)c1C. The van der Waals surface area contributed by atoms with Crippen molar-refractivity contribution in [2.75, 3.05) is 5.73 Å². The third-order valence-corrected chi connectivity index (χ3v) is 3.85. The minimum Gasteiger partial charge on any atom is -0.398 e. The van der Waals surface area contributed by atoms with Crippen LogP contribution in [-0.2, 0) is 0 Å². The molecule has 0 saturated carbocycles. The number of hydrogen-bond acceptors (Lipinski definition) is 1. The molecular weight excluding hydrogens is 218 g/mol. The van der Waals surface area contributed by atoms with Crippen LogP contribution in [0.2, 0.25) is 0 Å². The Morgan fingerprint density at radius 1 is 0.611 bits per heavy atom. The molecule has 0 unspecified atom stereocenters. The lowest BCUT2D eigenvalue weighted by atomic mass is 9.94. The van der Waals surface area contributed by atoms with E-state index in [2.05, 4.69) is 58.9 Å². The minimum atomic E-state index is 0.902. The Hall–Kier alpha value is -1.76. The van der Waals surface area contributed by atoms with Gasteiger partial charge in [-0.1, -0.05) is 12.1 Å². The summed E-state index contributed by atoms with van der Waals surface area (Å²) >= 11 is 0. The number of nitrogen functional groups attached to an aromatic ring is 1. The third kappa shape index (κ3) is 2.13. The summed E-state index contributed by atoms with van der Waals surface area (Å²) in [6.45, 7) is 10.7. The van der Waals surface area contributed by atoms with Crippen molar-refractivity contribution < 1.29 is 0 Å². The molecule has 0 saturated heterocycles.